The molecule has 0 radical (unpaired) electrons. The monoisotopic (exact) mass is 246 g/mol. The van der Waals surface area contributed by atoms with Crippen LogP contribution in [0.25, 0.3) is 11.2 Å². The van der Waals surface area contributed by atoms with Gasteiger partial charge in [-0.2, -0.15) is 0 Å². The summed E-state index contributed by atoms with van der Waals surface area (Å²) in [6.07, 6.45) is 4.80. The number of aromatic nitrogens is 4. The van der Waals surface area contributed by atoms with Gasteiger partial charge in [-0.3, -0.25) is 13.9 Å². The lowest BCUT2D eigenvalue weighted by molar-refractivity contribution is 0.674. The molecule has 0 bridgehead atoms. The minimum Gasteiger partial charge on any atom is -0.321 e. The van der Waals surface area contributed by atoms with Gasteiger partial charge in [0.05, 0.1) is 6.33 Å². The number of fused-ring (bicyclic) bond motifs is 1. The van der Waals surface area contributed by atoms with E-state index in [-0.39, 0.29) is 5.56 Å². The Kier molecular flexibility index (Phi) is 3.01. The zero-order valence-corrected chi connectivity index (χ0v) is 10.2. The number of allylic oxidation sites excluding steroid dienone is 2. The van der Waals surface area contributed by atoms with E-state index in [1.807, 2.05) is 0 Å². The van der Waals surface area contributed by atoms with Crippen molar-refractivity contribution in [2.24, 2.45) is 7.05 Å². The third-order valence-electron chi connectivity index (χ3n) is 2.74. The molecule has 2 aromatic rings. The SMILES string of the molecule is C=CCn1cnc2c1c(=O)n(C)c(=O)n2CC=C. The number of hydrogen-bond acceptors (Lipinski definition) is 3. The molecule has 0 aromatic carbocycles. The molecule has 0 aliphatic heterocycles. The van der Waals surface area contributed by atoms with Gasteiger partial charge in [0.1, 0.15) is 0 Å². The van der Waals surface area contributed by atoms with Gasteiger partial charge in [0.2, 0.25) is 0 Å². The first-order valence-electron chi connectivity index (χ1n) is 5.48. The molecule has 0 amide bonds. The summed E-state index contributed by atoms with van der Waals surface area (Å²) in [6.45, 7) is 8.01. The van der Waals surface area contributed by atoms with E-state index in [1.54, 1.807) is 16.7 Å². The molecular formula is C12H14N4O2. The average molecular weight is 246 g/mol. The second-order valence-electron chi connectivity index (χ2n) is 3.90. The molecule has 0 aliphatic carbocycles. The fourth-order valence-electron chi connectivity index (χ4n) is 1.88. The fourth-order valence-corrected chi connectivity index (χ4v) is 1.88. The minimum absolute atomic E-state index is 0.314. The maximum atomic E-state index is 12.1. The second-order valence-corrected chi connectivity index (χ2v) is 3.90. The van der Waals surface area contributed by atoms with Crippen molar-refractivity contribution in [3.8, 4) is 0 Å². The summed E-state index contributed by atoms with van der Waals surface area (Å²) in [5, 5.41) is 0. The highest BCUT2D eigenvalue weighted by molar-refractivity contribution is 5.70. The molecule has 0 atom stereocenters. The molecule has 94 valence electrons. The van der Waals surface area contributed by atoms with Crippen LogP contribution in [0.2, 0.25) is 0 Å². The lowest BCUT2D eigenvalue weighted by Crippen LogP contribution is -2.38. The van der Waals surface area contributed by atoms with Gasteiger partial charge >= 0.3 is 5.69 Å². The van der Waals surface area contributed by atoms with E-state index < -0.39 is 5.69 Å². The Morgan fingerprint density at radius 3 is 2.56 bits per heavy atom. The molecule has 0 fully saturated rings. The van der Waals surface area contributed by atoms with Crippen molar-refractivity contribution in [3.63, 3.8) is 0 Å². The van der Waals surface area contributed by atoms with Gasteiger partial charge in [-0.05, 0) is 0 Å². The Bertz CT molecular complexity index is 733. The van der Waals surface area contributed by atoms with Crippen molar-refractivity contribution < 1.29 is 0 Å². The third kappa shape index (κ3) is 1.62. The summed E-state index contributed by atoms with van der Waals surface area (Å²) < 4.78 is 4.17. The van der Waals surface area contributed by atoms with Crippen molar-refractivity contribution in [2.75, 3.05) is 0 Å². The molecule has 0 saturated heterocycles. The highest BCUT2D eigenvalue weighted by Gasteiger charge is 2.14. The molecular weight excluding hydrogens is 232 g/mol. The normalized spacial score (nSPS) is 10.7. The number of hydrogen-bond donors (Lipinski definition) is 0. The van der Waals surface area contributed by atoms with E-state index in [9.17, 15) is 9.59 Å². The summed E-state index contributed by atoms with van der Waals surface area (Å²) in [4.78, 5) is 28.2. The summed E-state index contributed by atoms with van der Waals surface area (Å²) in [5.74, 6) is 0. The summed E-state index contributed by atoms with van der Waals surface area (Å²) >= 11 is 0. The van der Waals surface area contributed by atoms with Gasteiger partial charge in [0, 0.05) is 20.1 Å². The van der Waals surface area contributed by atoms with E-state index in [0.29, 0.717) is 24.3 Å². The molecule has 2 aromatic heterocycles. The Morgan fingerprint density at radius 2 is 1.94 bits per heavy atom. The van der Waals surface area contributed by atoms with Gasteiger partial charge in [-0.1, -0.05) is 12.2 Å². The van der Waals surface area contributed by atoms with Crippen molar-refractivity contribution >= 4 is 11.2 Å². The van der Waals surface area contributed by atoms with E-state index in [1.165, 1.54) is 17.9 Å². The van der Waals surface area contributed by atoms with Crippen LogP contribution >= 0.6 is 0 Å². The van der Waals surface area contributed by atoms with Gasteiger partial charge in [-0.25, -0.2) is 9.78 Å². The first-order valence-corrected chi connectivity index (χ1v) is 5.48. The molecule has 2 heterocycles. The smallest absolute Gasteiger partial charge is 0.321 e. The number of rotatable bonds is 4. The van der Waals surface area contributed by atoms with Gasteiger partial charge < -0.3 is 4.57 Å². The average Bonchev–Trinajstić information content (AvgIpc) is 2.76. The Morgan fingerprint density at radius 1 is 1.28 bits per heavy atom. The fraction of sp³-hybridized carbons (Fsp3) is 0.250. The zero-order valence-electron chi connectivity index (χ0n) is 10.2. The first-order chi connectivity index (χ1) is 8.61. The van der Waals surface area contributed by atoms with Crippen LogP contribution in [0.4, 0.5) is 0 Å². The van der Waals surface area contributed by atoms with Crippen LogP contribution < -0.4 is 11.2 Å². The molecule has 0 spiro atoms. The largest absolute Gasteiger partial charge is 0.332 e. The summed E-state index contributed by atoms with van der Waals surface area (Å²) in [7, 11) is 1.45. The standard InChI is InChI=1S/C12H14N4O2/c1-4-6-15-8-13-10-9(15)11(17)14(3)12(18)16(10)7-5-2/h4-5,8H,1-2,6-7H2,3H3. The predicted octanol–water partition coefficient (Wildman–Crippen LogP) is 0.269. The maximum absolute atomic E-state index is 12.1. The van der Waals surface area contributed by atoms with Crippen LogP contribution in [0.1, 0.15) is 0 Å². The predicted molar refractivity (Wildman–Crippen MR) is 69.6 cm³/mol. The van der Waals surface area contributed by atoms with Crippen LogP contribution in [0.3, 0.4) is 0 Å². The van der Waals surface area contributed by atoms with Gasteiger partial charge in [0.15, 0.2) is 11.2 Å². The Balaban J connectivity index is 2.94. The van der Waals surface area contributed by atoms with E-state index in [2.05, 4.69) is 18.1 Å². The van der Waals surface area contributed by atoms with Crippen LogP contribution in [0, 0.1) is 0 Å². The molecule has 6 nitrogen and oxygen atoms in total. The first kappa shape index (κ1) is 12.1. The Labute approximate surface area is 103 Å². The lowest BCUT2D eigenvalue weighted by atomic mass is 10.4. The highest BCUT2D eigenvalue weighted by atomic mass is 16.2. The van der Waals surface area contributed by atoms with Crippen molar-refractivity contribution in [2.45, 2.75) is 13.1 Å². The molecule has 18 heavy (non-hydrogen) atoms. The quantitative estimate of drug-likeness (QED) is 0.727. The summed E-state index contributed by atoms with van der Waals surface area (Å²) in [6, 6.07) is 0. The topological polar surface area (TPSA) is 61.8 Å². The molecule has 0 aliphatic rings. The summed E-state index contributed by atoms with van der Waals surface area (Å²) in [5.41, 5.74) is 0.0367. The lowest BCUT2D eigenvalue weighted by Gasteiger charge is -2.07. The third-order valence-corrected chi connectivity index (χ3v) is 2.74. The van der Waals surface area contributed by atoms with E-state index in [4.69, 9.17) is 0 Å². The molecule has 0 unspecified atom stereocenters. The molecule has 0 N–H and O–H groups in total. The van der Waals surface area contributed by atoms with Crippen LogP contribution in [0.5, 0.6) is 0 Å². The second kappa shape index (κ2) is 4.48. The zero-order chi connectivity index (χ0) is 13.3. The number of nitrogens with zero attached hydrogens (tertiary/aromatic N) is 4. The Hall–Kier alpha value is -2.37. The van der Waals surface area contributed by atoms with Crippen molar-refractivity contribution in [1.82, 2.24) is 18.7 Å². The molecule has 6 heteroatoms. The van der Waals surface area contributed by atoms with E-state index in [0.717, 1.165) is 4.57 Å². The molecule has 0 saturated carbocycles. The van der Waals surface area contributed by atoms with E-state index >= 15 is 0 Å². The van der Waals surface area contributed by atoms with Gasteiger partial charge in [-0.15, -0.1) is 13.2 Å². The van der Waals surface area contributed by atoms with Crippen molar-refractivity contribution in [1.29, 1.82) is 0 Å². The van der Waals surface area contributed by atoms with Gasteiger partial charge in [0.25, 0.3) is 5.56 Å². The number of imidazole rings is 1. The van der Waals surface area contributed by atoms with Crippen LogP contribution in [0.15, 0.2) is 41.2 Å². The minimum atomic E-state index is -0.392. The molecule has 2 rings (SSSR count). The maximum Gasteiger partial charge on any atom is 0.332 e. The van der Waals surface area contributed by atoms with Crippen molar-refractivity contribution in [3.05, 3.63) is 52.5 Å². The highest BCUT2D eigenvalue weighted by Crippen LogP contribution is 2.06. The van der Waals surface area contributed by atoms with Crippen LogP contribution in [-0.2, 0) is 20.1 Å². The van der Waals surface area contributed by atoms with Crippen LogP contribution in [-0.4, -0.2) is 18.7 Å².